The highest BCUT2D eigenvalue weighted by molar-refractivity contribution is 8.13. The van der Waals surface area contributed by atoms with Crippen LogP contribution in [0.25, 0.3) is 0 Å². The van der Waals surface area contributed by atoms with Gasteiger partial charge in [-0.2, -0.15) is 0 Å². The molecule has 2 N–H and O–H groups in total. The van der Waals surface area contributed by atoms with Crippen LogP contribution in [0.5, 0.6) is 0 Å². The van der Waals surface area contributed by atoms with Gasteiger partial charge in [0.05, 0.1) is 12.6 Å². The molecule has 6 nitrogen and oxygen atoms in total. The number of carbonyl (C=O) groups excluding carboxylic acids is 1. The normalized spacial score (nSPS) is 27.6. The maximum absolute atomic E-state index is 12.0. The van der Waals surface area contributed by atoms with Crippen molar-refractivity contribution in [1.29, 1.82) is 0 Å². The molecule has 2 unspecified atom stereocenters. The molecule has 21 heavy (non-hydrogen) atoms. The van der Waals surface area contributed by atoms with E-state index in [9.17, 15) is 9.59 Å². The standard InChI is InChI=1S/C14H14N2O4S/c17-12(8-4-2-1-3-5-8)16-14-15-10-6-20-11(13(18)19)9(10)7-21-14/h1-5,9-11H,6-7H2,(H,18,19)(H,15,16,17)/t9?,10?,11-/m0/s1. The minimum absolute atomic E-state index is 0.134. The zero-order chi connectivity index (χ0) is 14.8. The number of aliphatic imine (C=N–C) groups is 1. The summed E-state index contributed by atoms with van der Waals surface area (Å²) in [4.78, 5) is 27.5. The number of amides is 1. The van der Waals surface area contributed by atoms with Crippen molar-refractivity contribution in [2.45, 2.75) is 12.1 Å². The molecule has 0 spiro atoms. The molecular weight excluding hydrogens is 292 g/mol. The molecule has 3 rings (SSSR count). The fourth-order valence-corrected chi connectivity index (χ4v) is 3.55. The molecule has 2 aliphatic heterocycles. The fourth-order valence-electron chi connectivity index (χ4n) is 2.43. The number of carboxylic acids is 1. The summed E-state index contributed by atoms with van der Waals surface area (Å²) in [5.41, 5.74) is 0.564. The van der Waals surface area contributed by atoms with Gasteiger partial charge in [-0.25, -0.2) is 4.79 Å². The van der Waals surface area contributed by atoms with E-state index in [-0.39, 0.29) is 24.5 Å². The fraction of sp³-hybridized carbons (Fsp3) is 0.357. The lowest BCUT2D eigenvalue weighted by atomic mass is 9.99. The minimum atomic E-state index is -0.949. The van der Waals surface area contributed by atoms with E-state index in [4.69, 9.17) is 9.84 Å². The van der Waals surface area contributed by atoms with Crippen LogP contribution in [0, 0.1) is 5.92 Å². The van der Waals surface area contributed by atoms with E-state index in [0.29, 0.717) is 16.5 Å². The number of aliphatic carboxylic acids is 1. The molecule has 3 atom stereocenters. The number of hydrogen-bond acceptors (Lipinski definition) is 5. The quantitative estimate of drug-likeness (QED) is 0.850. The maximum Gasteiger partial charge on any atom is 0.333 e. The van der Waals surface area contributed by atoms with Crippen LogP contribution in [0.2, 0.25) is 0 Å². The molecule has 110 valence electrons. The summed E-state index contributed by atoms with van der Waals surface area (Å²) >= 11 is 1.36. The Morgan fingerprint density at radius 3 is 2.81 bits per heavy atom. The van der Waals surface area contributed by atoms with Gasteiger partial charge in [0.25, 0.3) is 5.91 Å². The van der Waals surface area contributed by atoms with E-state index in [0.717, 1.165) is 0 Å². The number of hydrogen-bond donors (Lipinski definition) is 2. The Morgan fingerprint density at radius 2 is 2.10 bits per heavy atom. The first-order chi connectivity index (χ1) is 10.1. The molecule has 1 amide bonds. The van der Waals surface area contributed by atoms with Gasteiger partial charge in [-0.05, 0) is 12.1 Å². The Kier molecular flexibility index (Phi) is 3.94. The summed E-state index contributed by atoms with van der Waals surface area (Å²) in [7, 11) is 0. The average molecular weight is 306 g/mol. The molecule has 0 aromatic heterocycles. The summed E-state index contributed by atoms with van der Waals surface area (Å²) in [5.74, 6) is -0.718. The number of fused-ring (bicyclic) bond motifs is 1. The van der Waals surface area contributed by atoms with Gasteiger partial charge in [-0.3, -0.25) is 9.79 Å². The van der Waals surface area contributed by atoms with Crippen LogP contribution in [0.1, 0.15) is 10.4 Å². The van der Waals surface area contributed by atoms with Gasteiger partial charge < -0.3 is 15.2 Å². The van der Waals surface area contributed by atoms with E-state index >= 15 is 0 Å². The summed E-state index contributed by atoms with van der Waals surface area (Å²) in [5, 5.41) is 12.4. The van der Waals surface area contributed by atoms with Crippen molar-refractivity contribution in [3.8, 4) is 0 Å². The third kappa shape index (κ3) is 2.93. The van der Waals surface area contributed by atoms with Crippen molar-refractivity contribution in [3.05, 3.63) is 35.9 Å². The molecule has 0 saturated carbocycles. The van der Waals surface area contributed by atoms with Crippen LogP contribution >= 0.6 is 11.8 Å². The number of nitrogens with zero attached hydrogens (tertiary/aromatic N) is 1. The highest BCUT2D eigenvalue weighted by Crippen LogP contribution is 2.32. The summed E-state index contributed by atoms with van der Waals surface area (Å²) < 4.78 is 5.27. The number of carbonyl (C=O) groups is 2. The first-order valence-corrected chi connectivity index (χ1v) is 7.55. The number of carboxylic acid groups (broad SMARTS) is 1. The second-order valence-corrected chi connectivity index (χ2v) is 5.90. The summed E-state index contributed by atoms with van der Waals surface area (Å²) in [6.07, 6.45) is -0.794. The van der Waals surface area contributed by atoms with Crippen LogP contribution < -0.4 is 5.32 Å². The predicted octanol–water partition coefficient (Wildman–Crippen LogP) is 0.987. The lowest BCUT2D eigenvalue weighted by Crippen LogP contribution is -2.38. The van der Waals surface area contributed by atoms with Crippen LogP contribution in [-0.2, 0) is 9.53 Å². The van der Waals surface area contributed by atoms with Gasteiger partial charge in [0.1, 0.15) is 0 Å². The minimum Gasteiger partial charge on any atom is -0.479 e. The van der Waals surface area contributed by atoms with Gasteiger partial charge in [0.15, 0.2) is 11.3 Å². The molecule has 1 fully saturated rings. The Hall–Kier alpha value is -1.86. The largest absolute Gasteiger partial charge is 0.479 e. The Balaban J connectivity index is 1.68. The number of amidine groups is 1. The van der Waals surface area contributed by atoms with Crippen molar-refractivity contribution in [1.82, 2.24) is 5.32 Å². The van der Waals surface area contributed by atoms with E-state index in [1.807, 2.05) is 6.07 Å². The van der Waals surface area contributed by atoms with Gasteiger partial charge >= 0.3 is 5.97 Å². The van der Waals surface area contributed by atoms with Crippen molar-refractivity contribution in [2.75, 3.05) is 12.4 Å². The second kappa shape index (κ2) is 5.87. The third-order valence-electron chi connectivity index (χ3n) is 3.53. The van der Waals surface area contributed by atoms with E-state index in [1.165, 1.54) is 11.8 Å². The van der Waals surface area contributed by atoms with Crippen LogP contribution in [-0.4, -0.2) is 46.7 Å². The first-order valence-electron chi connectivity index (χ1n) is 6.56. The van der Waals surface area contributed by atoms with E-state index < -0.39 is 12.1 Å². The molecule has 0 radical (unpaired) electrons. The Bertz CT molecular complexity index is 590. The van der Waals surface area contributed by atoms with Crippen LogP contribution in [0.3, 0.4) is 0 Å². The van der Waals surface area contributed by atoms with Crippen molar-refractivity contribution in [3.63, 3.8) is 0 Å². The Labute approximate surface area is 125 Å². The molecule has 1 saturated heterocycles. The zero-order valence-corrected chi connectivity index (χ0v) is 11.9. The van der Waals surface area contributed by atoms with Crippen LogP contribution in [0.4, 0.5) is 0 Å². The number of thioether (sulfide) groups is 1. The first kappa shape index (κ1) is 14.1. The lowest BCUT2D eigenvalue weighted by molar-refractivity contribution is -0.148. The predicted molar refractivity (Wildman–Crippen MR) is 78.5 cm³/mol. The smallest absolute Gasteiger partial charge is 0.333 e. The molecule has 2 aliphatic rings. The van der Waals surface area contributed by atoms with Gasteiger partial charge in [-0.15, -0.1) is 0 Å². The average Bonchev–Trinajstić information content (AvgIpc) is 2.91. The van der Waals surface area contributed by atoms with E-state index in [2.05, 4.69) is 10.3 Å². The second-order valence-electron chi connectivity index (χ2n) is 4.89. The Morgan fingerprint density at radius 1 is 1.33 bits per heavy atom. The molecule has 1 aromatic carbocycles. The van der Waals surface area contributed by atoms with Gasteiger partial charge in [0, 0.05) is 17.2 Å². The summed E-state index contributed by atoms with van der Waals surface area (Å²) in [6.45, 7) is 0.285. The monoisotopic (exact) mass is 306 g/mol. The third-order valence-corrected chi connectivity index (χ3v) is 4.56. The molecule has 1 aromatic rings. The number of rotatable bonds is 2. The van der Waals surface area contributed by atoms with Crippen molar-refractivity contribution >= 4 is 28.8 Å². The topological polar surface area (TPSA) is 88.0 Å². The molecule has 0 aliphatic carbocycles. The van der Waals surface area contributed by atoms with Crippen LogP contribution in [0.15, 0.2) is 35.3 Å². The maximum atomic E-state index is 12.0. The van der Waals surface area contributed by atoms with Crippen molar-refractivity contribution < 1.29 is 19.4 Å². The lowest BCUT2D eigenvalue weighted by Gasteiger charge is -2.23. The number of nitrogens with one attached hydrogen (secondary N) is 1. The summed E-state index contributed by atoms with van der Waals surface area (Å²) in [6, 6.07) is 8.69. The highest BCUT2D eigenvalue weighted by Gasteiger charge is 2.43. The SMILES string of the molecule is O=C(NC1=NC2CO[C@H](C(=O)O)C2CS1)c1ccccc1. The highest BCUT2D eigenvalue weighted by atomic mass is 32.2. The molecular formula is C14H14N2O4S. The van der Waals surface area contributed by atoms with E-state index in [1.54, 1.807) is 24.3 Å². The number of benzene rings is 1. The zero-order valence-electron chi connectivity index (χ0n) is 11.1. The van der Waals surface area contributed by atoms with Crippen molar-refractivity contribution in [2.24, 2.45) is 10.9 Å². The molecule has 0 bridgehead atoms. The molecule has 7 heteroatoms. The number of ether oxygens (including phenoxy) is 1. The van der Waals surface area contributed by atoms with Gasteiger partial charge in [0.2, 0.25) is 0 Å². The van der Waals surface area contributed by atoms with Gasteiger partial charge in [-0.1, -0.05) is 30.0 Å². The molecule has 2 heterocycles.